The summed E-state index contributed by atoms with van der Waals surface area (Å²) in [4.78, 5) is 30.5. The fraction of sp³-hybridized carbons (Fsp3) is 0.571. The first-order chi connectivity index (χ1) is 14.0. The van der Waals surface area contributed by atoms with Crippen molar-refractivity contribution in [3.05, 3.63) is 33.0 Å². The highest BCUT2D eigenvalue weighted by molar-refractivity contribution is 9.10. The van der Waals surface area contributed by atoms with Crippen LogP contribution in [0.15, 0.2) is 32.6 Å². The van der Waals surface area contributed by atoms with Crippen molar-refractivity contribution in [1.29, 1.82) is 0 Å². The zero-order valence-corrected chi connectivity index (χ0v) is 19.4. The highest BCUT2D eigenvalue weighted by Crippen LogP contribution is 2.25. The summed E-state index contributed by atoms with van der Waals surface area (Å²) in [5, 5.41) is 3.96. The van der Waals surface area contributed by atoms with E-state index in [1.54, 1.807) is 10.6 Å². The van der Waals surface area contributed by atoms with E-state index in [2.05, 4.69) is 21.2 Å². The largest absolute Gasteiger partial charge is 0.382 e. The molecule has 1 N–H and O–H groups in total. The molecular weight excluding hydrogens is 454 g/mol. The average Bonchev–Trinajstić information content (AvgIpc) is 3.20. The van der Waals surface area contributed by atoms with Crippen LogP contribution in [0.5, 0.6) is 0 Å². The lowest BCUT2D eigenvalue weighted by atomic mass is 10.2. The molecule has 2 aromatic rings. The van der Waals surface area contributed by atoms with Gasteiger partial charge in [0.15, 0.2) is 5.16 Å². The summed E-state index contributed by atoms with van der Waals surface area (Å²) < 4.78 is 7.94. The van der Waals surface area contributed by atoms with Crippen molar-refractivity contribution in [2.24, 2.45) is 0 Å². The lowest BCUT2D eigenvalue weighted by Gasteiger charge is -2.18. The number of hydrogen-bond donors (Lipinski definition) is 1. The van der Waals surface area contributed by atoms with E-state index in [0.717, 1.165) is 17.3 Å². The van der Waals surface area contributed by atoms with Crippen molar-refractivity contribution in [3.63, 3.8) is 0 Å². The minimum absolute atomic E-state index is 0.00733. The summed E-state index contributed by atoms with van der Waals surface area (Å²) >= 11 is 4.78. The van der Waals surface area contributed by atoms with Crippen molar-refractivity contribution in [2.75, 3.05) is 13.2 Å². The second kappa shape index (κ2) is 10.6. The second-order valence-electron chi connectivity index (χ2n) is 7.31. The average molecular weight is 482 g/mol. The Balaban J connectivity index is 1.84. The van der Waals surface area contributed by atoms with Gasteiger partial charge in [-0.25, -0.2) is 4.98 Å². The Morgan fingerprint density at radius 1 is 1.41 bits per heavy atom. The fourth-order valence-corrected chi connectivity index (χ4v) is 4.83. The standard InChI is InChI=1S/C21H28BrN3O3S/c1-3-28-12-6-11-25-20(27)17-13-15(22)9-10-18(17)24-21(25)29-14(2)19(26)23-16-7-4-5-8-16/h9-10,13-14,16H,3-8,11-12H2,1-2H3,(H,23,26). The summed E-state index contributed by atoms with van der Waals surface area (Å²) in [5.74, 6) is 0.00733. The van der Waals surface area contributed by atoms with Gasteiger partial charge in [0.2, 0.25) is 5.91 Å². The topological polar surface area (TPSA) is 73.2 Å². The molecule has 158 valence electrons. The molecule has 1 fully saturated rings. The molecule has 0 aliphatic heterocycles. The zero-order valence-electron chi connectivity index (χ0n) is 16.9. The number of carbonyl (C=O) groups is 1. The molecule has 0 saturated heterocycles. The zero-order chi connectivity index (χ0) is 20.8. The van der Waals surface area contributed by atoms with Crippen LogP contribution in [0.1, 0.15) is 46.0 Å². The number of fused-ring (bicyclic) bond motifs is 1. The molecule has 0 spiro atoms. The van der Waals surface area contributed by atoms with Crippen LogP contribution in [0.4, 0.5) is 0 Å². The molecule has 8 heteroatoms. The fourth-order valence-electron chi connectivity index (χ4n) is 3.53. The van der Waals surface area contributed by atoms with Gasteiger partial charge in [-0.2, -0.15) is 0 Å². The first-order valence-electron chi connectivity index (χ1n) is 10.2. The molecule has 1 aromatic carbocycles. The highest BCUT2D eigenvalue weighted by Gasteiger charge is 2.23. The van der Waals surface area contributed by atoms with E-state index in [1.807, 2.05) is 26.0 Å². The maximum Gasteiger partial charge on any atom is 0.262 e. The highest BCUT2D eigenvalue weighted by atomic mass is 79.9. The molecule has 1 saturated carbocycles. The minimum Gasteiger partial charge on any atom is -0.382 e. The number of ether oxygens (including phenoxy) is 1. The minimum atomic E-state index is -0.325. The molecule has 1 aliphatic carbocycles. The Morgan fingerprint density at radius 2 is 2.17 bits per heavy atom. The van der Waals surface area contributed by atoms with Crippen LogP contribution in [0.3, 0.4) is 0 Å². The van der Waals surface area contributed by atoms with E-state index < -0.39 is 0 Å². The Labute approximate surface area is 183 Å². The lowest BCUT2D eigenvalue weighted by molar-refractivity contribution is -0.120. The Hall–Kier alpha value is -1.38. The van der Waals surface area contributed by atoms with Crippen LogP contribution < -0.4 is 10.9 Å². The van der Waals surface area contributed by atoms with Crippen LogP contribution in [-0.2, 0) is 16.1 Å². The number of benzene rings is 1. The van der Waals surface area contributed by atoms with Crippen LogP contribution >= 0.6 is 27.7 Å². The van der Waals surface area contributed by atoms with Gasteiger partial charge in [0.25, 0.3) is 5.56 Å². The molecule has 0 radical (unpaired) electrons. The number of amides is 1. The number of nitrogens with zero attached hydrogens (tertiary/aromatic N) is 2. The molecule has 3 rings (SSSR count). The van der Waals surface area contributed by atoms with Crippen molar-refractivity contribution < 1.29 is 9.53 Å². The van der Waals surface area contributed by atoms with Crippen LogP contribution in [0, 0.1) is 0 Å². The monoisotopic (exact) mass is 481 g/mol. The molecular formula is C21H28BrN3O3S. The third-order valence-corrected chi connectivity index (χ3v) is 6.69. The Morgan fingerprint density at radius 3 is 2.90 bits per heavy atom. The predicted molar refractivity (Wildman–Crippen MR) is 121 cm³/mol. The smallest absolute Gasteiger partial charge is 0.262 e. The predicted octanol–water partition coefficient (Wildman–Crippen LogP) is 4.13. The van der Waals surface area contributed by atoms with Crippen molar-refractivity contribution in [1.82, 2.24) is 14.9 Å². The van der Waals surface area contributed by atoms with Gasteiger partial charge in [0.05, 0.1) is 16.2 Å². The van der Waals surface area contributed by atoms with E-state index in [-0.39, 0.29) is 22.8 Å². The first-order valence-corrected chi connectivity index (χ1v) is 11.9. The van der Waals surface area contributed by atoms with E-state index >= 15 is 0 Å². The summed E-state index contributed by atoms with van der Waals surface area (Å²) in [6.45, 7) is 5.57. The molecule has 1 aromatic heterocycles. The Kier molecular flexibility index (Phi) is 8.15. The van der Waals surface area contributed by atoms with Gasteiger partial charge in [-0.15, -0.1) is 0 Å². The molecule has 0 bridgehead atoms. The molecule has 1 atom stereocenters. The Bertz CT molecular complexity index is 912. The maximum absolute atomic E-state index is 13.1. The van der Waals surface area contributed by atoms with Gasteiger partial charge < -0.3 is 10.1 Å². The number of carbonyl (C=O) groups excluding carboxylic acids is 1. The van der Waals surface area contributed by atoms with Gasteiger partial charge in [-0.3, -0.25) is 14.2 Å². The van der Waals surface area contributed by atoms with Crippen LogP contribution in [0.2, 0.25) is 0 Å². The van der Waals surface area contributed by atoms with Gasteiger partial charge in [0, 0.05) is 30.3 Å². The number of rotatable bonds is 9. The normalized spacial score (nSPS) is 15.7. The van der Waals surface area contributed by atoms with Crippen molar-refractivity contribution in [2.45, 2.75) is 68.9 Å². The van der Waals surface area contributed by atoms with Crippen molar-refractivity contribution in [3.8, 4) is 0 Å². The maximum atomic E-state index is 13.1. The molecule has 29 heavy (non-hydrogen) atoms. The van der Waals surface area contributed by atoms with E-state index in [0.29, 0.717) is 42.2 Å². The first kappa shape index (κ1) is 22.3. The van der Waals surface area contributed by atoms with Gasteiger partial charge in [-0.05, 0) is 51.3 Å². The summed E-state index contributed by atoms with van der Waals surface area (Å²) in [6.07, 6.45) is 5.16. The third-order valence-electron chi connectivity index (χ3n) is 5.11. The number of thioether (sulfide) groups is 1. The van der Waals surface area contributed by atoms with E-state index in [9.17, 15) is 9.59 Å². The van der Waals surface area contributed by atoms with Gasteiger partial charge in [-0.1, -0.05) is 40.5 Å². The molecule has 1 heterocycles. The molecule has 1 amide bonds. The van der Waals surface area contributed by atoms with Crippen LogP contribution in [-0.4, -0.2) is 40.0 Å². The molecule has 1 unspecified atom stereocenters. The van der Waals surface area contributed by atoms with Crippen molar-refractivity contribution >= 4 is 44.5 Å². The molecule has 6 nitrogen and oxygen atoms in total. The number of nitrogens with one attached hydrogen (secondary N) is 1. The third kappa shape index (κ3) is 5.83. The van der Waals surface area contributed by atoms with E-state index in [1.165, 1.54) is 24.6 Å². The molecule has 1 aliphatic rings. The summed E-state index contributed by atoms with van der Waals surface area (Å²) in [7, 11) is 0. The number of hydrogen-bond acceptors (Lipinski definition) is 5. The lowest BCUT2D eigenvalue weighted by Crippen LogP contribution is -2.38. The van der Waals surface area contributed by atoms with Gasteiger partial charge in [0.1, 0.15) is 0 Å². The summed E-state index contributed by atoms with van der Waals surface area (Å²) in [5.41, 5.74) is 0.559. The quantitative estimate of drug-likeness (QED) is 0.331. The number of halogens is 1. The SMILES string of the molecule is CCOCCCn1c(SC(C)C(=O)NC2CCCC2)nc2ccc(Br)cc2c1=O. The number of aromatic nitrogens is 2. The second-order valence-corrected chi connectivity index (χ2v) is 9.54. The van der Waals surface area contributed by atoms with Gasteiger partial charge >= 0.3 is 0 Å². The summed E-state index contributed by atoms with van der Waals surface area (Å²) in [6, 6.07) is 5.78. The van der Waals surface area contributed by atoms with Crippen LogP contribution in [0.25, 0.3) is 10.9 Å². The van der Waals surface area contributed by atoms with E-state index in [4.69, 9.17) is 9.72 Å².